The minimum absolute atomic E-state index is 0.573. The molecule has 0 saturated carbocycles. The van der Waals surface area contributed by atoms with E-state index in [1.807, 2.05) is 0 Å². The lowest BCUT2D eigenvalue weighted by Gasteiger charge is -2.06. The highest BCUT2D eigenvalue weighted by Gasteiger charge is 2.02. The van der Waals surface area contributed by atoms with Gasteiger partial charge in [-0.1, -0.05) is 20.8 Å². The smallest absolute Gasteiger partial charge is 0.119 e. The molecule has 0 fully saturated rings. The summed E-state index contributed by atoms with van der Waals surface area (Å²) in [5, 5.41) is 6.67. The third-order valence-electron chi connectivity index (χ3n) is 2.34. The molecule has 1 N–H and O–H groups in total. The van der Waals surface area contributed by atoms with Crippen LogP contribution in [0.25, 0.3) is 0 Å². The number of hydrogen-bond acceptors (Lipinski definition) is 4. The van der Waals surface area contributed by atoms with Crippen molar-refractivity contribution < 1.29 is 4.74 Å². The number of aromatic nitrogens is 1. The molecule has 0 unspecified atom stereocenters. The van der Waals surface area contributed by atoms with E-state index in [4.69, 9.17) is 4.74 Å². The normalized spacial score (nSPS) is 11.3. The molecule has 0 bridgehead atoms. The molecule has 98 valence electrons. The van der Waals surface area contributed by atoms with Crippen LogP contribution in [0.15, 0.2) is 5.38 Å². The zero-order chi connectivity index (χ0) is 12.5. The van der Waals surface area contributed by atoms with Crippen molar-refractivity contribution in [2.24, 2.45) is 0 Å². The second-order valence-corrected chi connectivity index (χ2v) is 5.44. The average molecular weight is 256 g/mol. The maximum absolute atomic E-state index is 5.47. The minimum atomic E-state index is 0.573. The summed E-state index contributed by atoms with van der Waals surface area (Å²) in [6.45, 7) is 9.03. The summed E-state index contributed by atoms with van der Waals surface area (Å²) < 4.78 is 5.47. The van der Waals surface area contributed by atoms with Gasteiger partial charge < -0.3 is 10.1 Å². The summed E-state index contributed by atoms with van der Waals surface area (Å²) in [5.41, 5.74) is 1.20. The molecular weight excluding hydrogens is 232 g/mol. The number of thiazole rings is 1. The molecule has 0 aliphatic carbocycles. The molecule has 0 radical (unpaired) electrons. The Balaban J connectivity index is 2.16. The first kappa shape index (κ1) is 14.6. The third-order valence-corrected chi connectivity index (χ3v) is 3.21. The highest BCUT2D eigenvalue weighted by Crippen LogP contribution is 2.12. The van der Waals surface area contributed by atoms with Crippen molar-refractivity contribution in [1.29, 1.82) is 0 Å². The van der Waals surface area contributed by atoms with E-state index in [1.165, 1.54) is 5.69 Å². The molecule has 0 aliphatic heterocycles. The number of ether oxygens (including phenoxy) is 1. The Hall–Kier alpha value is -0.450. The van der Waals surface area contributed by atoms with Gasteiger partial charge in [0.25, 0.3) is 0 Å². The van der Waals surface area contributed by atoms with E-state index in [9.17, 15) is 0 Å². The van der Waals surface area contributed by atoms with Gasteiger partial charge in [0.15, 0.2) is 0 Å². The average Bonchev–Trinajstić information content (AvgIpc) is 2.73. The van der Waals surface area contributed by atoms with E-state index in [2.05, 4.69) is 36.5 Å². The van der Waals surface area contributed by atoms with E-state index in [1.54, 1.807) is 11.3 Å². The molecule has 17 heavy (non-hydrogen) atoms. The van der Waals surface area contributed by atoms with Gasteiger partial charge in [-0.25, -0.2) is 4.98 Å². The number of hydrogen-bond donors (Lipinski definition) is 1. The zero-order valence-electron chi connectivity index (χ0n) is 11.2. The predicted octanol–water partition coefficient (Wildman–Crippen LogP) is 3.00. The molecule has 0 aliphatic rings. The fourth-order valence-electron chi connectivity index (χ4n) is 1.49. The van der Waals surface area contributed by atoms with Crippen LogP contribution in [-0.2, 0) is 17.8 Å². The van der Waals surface area contributed by atoms with E-state index in [0.29, 0.717) is 12.6 Å². The summed E-state index contributed by atoms with van der Waals surface area (Å²) in [5.74, 6) is 0. The van der Waals surface area contributed by atoms with E-state index < -0.39 is 0 Å². The van der Waals surface area contributed by atoms with Crippen LogP contribution in [0.2, 0.25) is 0 Å². The van der Waals surface area contributed by atoms with Crippen molar-refractivity contribution in [3.8, 4) is 0 Å². The molecule has 0 amide bonds. The number of aryl methyl sites for hydroxylation is 1. The summed E-state index contributed by atoms with van der Waals surface area (Å²) in [4.78, 5) is 4.56. The lowest BCUT2D eigenvalue weighted by Crippen LogP contribution is -2.23. The molecule has 1 heterocycles. The van der Waals surface area contributed by atoms with Gasteiger partial charge >= 0.3 is 0 Å². The van der Waals surface area contributed by atoms with Gasteiger partial charge in [0.05, 0.1) is 12.3 Å². The molecule has 0 spiro atoms. The van der Waals surface area contributed by atoms with Gasteiger partial charge in [0, 0.05) is 18.0 Å². The number of nitrogens with one attached hydrogen (secondary N) is 1. The number of nitrogens with zero attached hydrogens (tertiary/aromatic N) is 1. The summed E-state index contributed by atoms with van der Waals surface area (Å²) in [6, 6.07) is 0.573. The van der Waals surface area contributed by atoms with Crippen molar-refractivity contribution in [2.45, 2.75) is 52.7 Å². The van der Waals surface area contributed by atoms with Crippen LogP contribution in [0, 0.1) is 0 Å². The first-order valence-corrected chi connectivity index (χ1v) is 7.34. The monoisotopic (exact) mass is 256 g/mol. The van der Waals surface area contributed by atoms with Crippen molar-refractivity contribution in [1.82, 2.24) is 10.3 Å². The number of rotatable bonds is 9. The maximum Gasteiger partial charge on any atom is 0.119 e. The Kier molecular flexibility index (Phi) is 7.40. The van der Waals surface area contributed by atoms with Crippen molar-refractivity contribution in [3.63, 3.8) is 0 Å². The SMILES string of the molecule is CCCOCc1nc(CCCNC(C)C)cs1. The van der Waals surface area contributed by atoms with E-state index in [0.717, 1.165) is 37.4 Å². The zero-order valence-corrected chi connectivity index (χ0v) is 12.0. The molecule has 0 atom stereocenters. The van der Waals surface area contributed by atoms with Gasteiger partial charge in [-0.2, -0.15) is 0 Å². The first-order chi connectivity index (χ1) is 8.22. The summed E-state index contributed by atoms with van der Waals surface area (Å²) in [7, 11) is 0. The lowest BCUT2D eigenvalue weighted by atomic mass is 10.2. The van der Waals surface area contributed by atoms with Gasteiger partial charge in [-0.05, 0) is 25.8 Å². The van der Waals surface area contributed by atoms with Crippen LogP contribution < -0.4 is 5.32 Å². The topological polar surface area (TPSA) is 34.1 Å². The van der Waals surface area contributed by atoms with E-state index in [-0.39, 0.29) is 0 Å². The highest BCUT2D eigenvalue weighted by molar-refractivity contribution is 7.09. The van der Waals surface area contributed by atoms with Crippen molar-refractivity contribution in [2.75, 3.05) is 13.2 Å². The van der Waals surface area contributed by atoms with Crippen LogP contribution in [-0.4, -0.2) is 24.2 Å². The molecule has 1 aromatic heterocycles. The highest BCUT2D eigenvalue weighted by atomic mass is 32.1. The van der Waals surface area contributed by atoms with Gasteiger partial charge in [-0.15, -0.1) is 11.3 Å². The van der Waals surface area contributed by atoms with Crippen LogP contribution in [0.3, 0.4) is 0 Å². The van der Waals surface area contributed by atoms with Gasteiger partial charge in [-0.3, -0.25) is 0 Å². The standard InChI is InChI=1S/C13H24N2OS/c1-4-8-16-9-13-15-12(10-17-13)6-5-7-14-11(2)3/h10-11,14H,4-9H2,1-3H3. The molecule has 0 aromatic carbocycles. The largest absolute Gasteiger partial charge is 0.374 e. The Bertz CT molecular complexity index is 299. The summed E-state index contributed by atoms with van der Waals surface area (Å²) >= 11 is 1.71. The van der Waals surface area contributed by atoms with Crippen LogP contribution in [0.4, 0.5) is 0 Å². The molecule has 4 heteroatoms. The van der Waals surface area contributed by atoms with Crippen LogP contribution >= 0.6 is 11.3 Å². The maximum atomic E-state index is 5.47. The third kappa shape index (κ3) is 6.76. The second-order valence-electron chi connectivity index (χ2n) is 4.50. The molecular formula is C13H24N2OS. The molecule has 0 saturated heterocycles. The first-order valence-electron chi connectivity index (χ1n) is 6.46. The van der Waals surface area contributed by atoms with Crippen LogP contribution in [0.1, 0.15) is 44.3 Å². The second kappa shape index (κ2) is 8.61. The Labute approximate surface area is 109 Å². The molecule has 3 nitrogen and oxygen atoms in total. The fraction of sp³-hybridized carbons (Fsp3) is 0.769. The summed E-state index contributed by atoms with van der Waals surface area (Å²) in [6.07, 6.45) is 3.28. The lowest BCUT2D eigenvalue weighted by molar-refractivity contribution is 0.121. The van der Waals surface area contributed by atoms with Crippen molar-refractivity contribution in [3.05, 3.63) is 16.1 Å². The Morgan fingerprint density at radius 1 is 1.47 bits per heavy atom. The molecule has 1 aromatic rings. The predicted molar refractivity (Wildman–Crippen MR) is 73.5 cm³/mol. The fourth-order valence-corrected chi connectivity index (χ4v) is 2.26. The van der Waals surface area contributed by atoms with E-state index >= 15 is 0 Å². The van der Waals surface area contributed by atoms with Gasteiger partial charge in [0.1, 0.15) is 5.01 Å². The van der Waals surface area contributed by atoms with Crippen LogP contribution in [0.5, 0.6) is 0 Å². The van der Waals surface area contributed by atoms with Crippen molar-refractivity contribution >= 4 is 11.3 Å². The Morgan fingerprint density at radius 2 is 2.29 bits per heavy atom. The van der Waals surface area contributed by atoms with Gasteiger partial charge in [0.2, 0.25) is 0 Å². The Morgan fingerprint density at radius 3 is 3.00 bits per heavy atom. The molecule has 1 rings (SSSR count). The minimum Gasteiger partial charge on any atom is -0.374 e. The quantitative estimate of drug-likeness (QED) is 0.690.